The quantitative estimate of drug-likeness (QED) is 0.913. The van der Waals surface area contributed by atoms with Crippen molar-refractivity contribution in [3.8, 4) is 0 Å². The molecule has 1 unspecified atom stereocenters. The Labute approximate surface area is 107 Å². The lowest BCUT2D eigenvalue weighted by molar-refractivity contribution is -0.141. The second-order valence-electron chi connectivity index (χ2n) is 4.33. The first-order valence-electron chi connectivity index (χ1n) is 5.76. The molecule has 0 spiro atoms. The van der Waals surface area contributed by atoms with Gasteiger partial charge in [0, 0.05) is 18.8 Å². The summed E-state index contributed by atoms with van der Waals surface area (Å²) in [4.78, 5) is 19.5. The van der Waals surface area contributed by atoms with E-state index in [0.717, 1.165) is 18.7 Å². The lowest BCUT2D eigenvalue weighted by Crippen LogP contribution is -2.33. The van der Waals surface area contributed by atoms with Crippen molar-refractivity contribution in [3.05, 3.63) is 18.0 Å². The van der Waals surface area contributed by atoms with E-state index in [2.05, 4.69) is 9.97 Å². The van der Waals surface area contributed by atoms with Gasteiger partial charge in [0.2, 0.25) is 5.95 Å². The van der Waals surface area contributed by atoms with Crippen molar-refractivity contribution in [1.29, 1.82) is 0 Å². The zero-order chi connectivity index (χ0) is 14.0. The minimum atomic E-state index is -4.53. The predicted molar refractivity (Wildman–Crippen MR) is 59.7 cm³/mol. The van der Waals surface area contributed by atoms with Gasteiger partial charge in [-0.05, 0) is 18.9 Å². The molecule has 1 atom stereocenters. The highest BCUT2D eigenvalue weighted by atomic mass is 19.4. The summed E-state index contributed by atoms with van der Waals surface area (Å²) in [7, 11) is 0. The second-order valence-corrected chi connectivity index (χ2v) is 4.33. The fourth-order valence-corrected chi connectivity index (χ4v) is 2.16. The van der Waals surface area contributed by atoms with E-state index in [1.54, 1.807) is 0 Å². The van der Waals surface area contributed by atoms with Crippen LogP contribution in [0.5, 0.6) is 0 Å². The van der Waals surface area contributed by atoms with Gasteiger partial charge in [0.1, 0.15) is 5.69 Å². The number of carboxylic acid groups (broad SMARTS) is 1. The molecule has 1 aliphatic heterocycles. The molecule has 0 amide bonds. The SMILES string of the molecule is O=C(O)CC1CCCN1c1nccc(C(F)(F)F)n1. The zero-order valence-corrected chi connectivity index (χ0v) is 9.89. The first-order chi connectivity index (χ1) is 8.88. The third kappa shape index (κ3) is 3.12. The molecule has 8 heteroatoms. The summed E-state index contributed by atoms with van der Waals surface area (Å²) in [6, 6.07) is 0.451. The van der Waals surface area contributed by atoms with E-state index >= 15 is 0 Å². The van der Waals surface area contributed by atoms with Gasteiger partial charge in [-0.3, -0.25) is 4.79 Å². The van der Waals surface area contributed by atoms with Crippen LogP contribution >= 0.6 is 0 Å². The monoisotopic (exact) mass is 275 g/mol. The van der Waals surface area contributed by atoms with Crippen LogP contribution in [-0.2, 0) is 11.0 Å². The summed E-state index contributed by atoms with van der Waals surface area (Å²) < 4.78 is 37.7. The van der Waals surface area contributed by atoms with Gasteiger partial charge in [-0.1, -0.05) is 0 Å². The number of aromatic nitrogens is 2. The highest BCUT2D eigenvalue weighted by Gasteiger charge is 2.35. The van der Waals surface area contributed by atoms with Gasteiger partial charge in [0.25, 0.3) is 0 Å². The maximum atomic E-state index is 12.6. The number of hydrogen-bond acceptors (Lipinski definition) is 4. The molecule has 0 bridgehead atoms. The molecule has 5 nitrogen and oxygen atoms in total. The average Bonchev–Trinajstić information content (AvgIpc) is 2.75. The van der Waals surface area contributed by atoms with E-state index < -0.39 is 17.8 Å². The minimum Gasteiger partial charge on any atom is -0.481 e. The Kier molecular flexibility index (Phi) is 3.59. The third-order valence-electron chi connectivity index (χ3n) is 2.98. The van der Waals surface area contributed by atoms with Crippen molar-refractivity contribution in [2.24, 2.45) is 0 Å². The molecule has 1 aliphatic rings. The van der Waals surface area contributed by atoms with Gasteiger partial charge >= 0.3 is 12.1 Å². The van der Waals surface area contributed by atoms with Gasteiger partial charge in [-0.2, -0.15) is 13.2 Å². The van der Waals surface area contributed by atoms with Crippen molar-refractivity contribution in [1.82, 2.24) is 9.97 Å². The van der Waals surface area contributed by atoms with Gasteiger partial charge < -0.3 is 10.0 Å². The summed E-state index contributed by atoms with van der Waals surface area (Å²) >= 11 is 0. The molecule has 0 aromatic carbocycles. The number of anilines is 1. The highest BCUT2D eigenvalue weighted by Crippen LogP contribution is 2.30. The Bertz CT molecular complexity index is 478. The summed E-state index contributed by atoms with van der Waals surface area (Å²) in [6.45, 7) is 0.471. The van der Waals surface area contributed by atoms with Crippen LogP contribution in [0.25, 0.3) is 0 Å². The summed E-state index contributed by atoms with van der Waals surface area (Å²) in [5, 5.41) is 8.77. The van der Waals surface area contributed by atoms with Crippen molar-refractivity contribution in [3.63, 3.8) is 0 Å². The standard InChI is InChI=1S/C11H12F3N3O2/c12-11(13,14)8-3-4-15-10(16-8)17-5-1-2-7(17)6-9(18)19/h3-4,7H,1-2,5-6H2,(H,18,19). The van der Waals surface area contributed by atoms with Crippen LogP contribution < -0.4 is 4.90 Å². The molecule has 0 saturated carbocycles. The van der Waals surface area contributed by atoms with E-state index in [0.29, 0.717) is 13.0 Å². The lowest BCUT2D eigenvalue weighted by atomic mass is 10.1. The number of halogens is 3. The van der Waals surface area contributed by atoms with Crippen molar-refractivity contribution in [2.45, 2.75) is 31.5 Å². The van der Waals surface area contributed by atoms with Crippen LogP contribution in [0.2, 0.25) is 0 Å². The van der Waals surface area contributed by atoms with Gasteiger partial charge in [-0.25, -0.2) is 9.97 Å². The van der Waals surface area contributed by atoms with E-state index in [9.17, 15) is 18.0 Å². The number of carboxylic acids is 1. The number of rotatable bonds is 3. The first kappa shape index (κ1) is 13.6. The fraction of sp³-hybridized carbons (Fsp3) is 0.545. The Balaban J connectivity index is 2.23. The molecule has 1 N–H and O–H groups in total. The van der Waals surface area contributed by atoms with E-state index in [-0.39, 0.29) is 18.4 Å². The van der Waals surface area contributed by atoms with Gasteiger partial charge in [0.05, 0.1) is 6.42 Å². The van der Waals surface area contributed by atoms with Gasteiger partial charge in [0.15, 0.2) is 0 Å². The van der Waals surface area contributed by atoms with E-state index in [1.165, 1.54) is 4.90 Å². The zero-order valence-electron chi connectivity index (χ0n) is 9.89. The van der Waals surface area contributed by atoms with Crippen LogP contribution in [-0.4, -0.2) is 33.6 Å². The number of aliphatic carboxylic acids is 1. The van der Waals surface area contributed by atoms with Crippen molar-refractivity contribution in [2.75, 3.05) is 11.4 Å². The molecule has 1 saturated heterocycles. The lowest BCUT2D eigenvalue weighted by Gasteiger charge is -2.23. The molecule has 2 rings (SSSR count). The maximum absolute atomic E-state index is 12.6. The van der Waals surface area contributed by atoms with Crippen LogP contribution in [0.4, 0.5) is 19.1 Å². The molecule has 1 aromatic rings. The highest BCUT2D eigenvalue weighted by molar-refractivity contribution is 5.68. The van der Waals surface area contributed by atoms with Crippen molar-refractivity contribution < 1.29 is 23.1 Å². The molecule has 104 valence electrons. The Morgan fingerprint density at radius 3 is 2.89 bits per heavy atom. The molecular weight excluding hydrogens is 263 g/mol. The number of alkyl halides is 3. The average molecular weight is 275 g/mol. The number of carbonyl (C=O) groups is 1. The van der Waals surface area contributed by atoms with Crippen LogP contribution in [0.3, 0.4) is 0 Å². The fourth-order valence-electron chi connectivity index (χ4n) is 2.16. The predicted octanol–water partition coefficient (Wildman–Crippen LogP) is 1.94. The Morgan fingerprint density at radius 2 is 2.26 bits per heavy atom. The maximum Gasteiger partial charge on any atom is 0.433 e. The first-order valence-corrected chi connectivity index (χ1v) is 5.76. The molecular formula is C11H12F3N3O2. The molecule has 1 aromatic heterocycles. The van der Waals surface area contributed by atoms with Crippen LogP contribution in [0.1, 0.15) is 25.0 Å². The second kappa shape index (κ2) is 5.02. The summed E-state index contributed by atoms with van der Waals surface area (Å²) in [6.07, 6.45) is -2.27. The molecule has 2 heterocycles. The smallest absolute Gasteiger partial charge is 0.433 e. The molecule has 0 aliphatic carbocycles. The summed E-state index contributed by atoms with van der Waals surface area (Å²) in [5.74, 6) is -1.04. The third-order valence-corrected chi connectivity index (χ3v) is 2.98. The Morgan fingerprint density at radius 1 is 1.53 bits per heavy atom. The van der Waals surface area contributed by atoms with Crippen molar-refractivity contribution >= 4 is 11.9 Å². The molecule has 19 heavy (non-hydrogen) atoms. The molecule has 1 fully saturated rings. The topological polar surface area (TPSA) is 66.3 Å². The summed E-state index contributed by atoms with van der Waals surface area (Å²) in [5.41, 5.74) is -1.02. The minimum absolute atomic E-state index is 0.0569. The van der Waals surface area contributed by atoms with E-state index in [4.69, 9.17) is 5.11 Å². The normalized spacial score (nSPS) is 19.7. The Hall–Kier alpha value is -1.86. The molecule has 0 radical (unpaired) electrons. The number of nitrogens with zero attached hydrogens (tertiary/aromatic N) is 3. The van der Waals surface area contributed by atoms with Crippen LogP contribution in [0.15, 0.2) is 12.3 Å². The largest absolute Gasteiger partial charge is 0.481 e. The van der Waals surface area contributed by atoms with E-state index in [1.807, 2.05) is 0 Å². The van der Waals surface area contributed by atoms with Gasteiger partial charge in [-0.15, -0.1) is 0 Å². The van der Waals surface area contributed by atoms with Crippen LogP contribution in [0, 0.1) is 0 Å². The number of hydrogen-bond donors (Lipinski definition) is 1.